The zero-order valence-corrected chi connectivity index (χ0v) is 8.44. The molecule has 2 aliphatic rings. The Bertz CT molecular complexity index is 393. The molecule has 2 atom stereocenters. The summed E-state index contributed by atoms with van der Waals surface area (Å²) >= 11 is 5.78. The van der Waals surface area contributed by atoms with Crippen molar-refractivity contribution in [2.24, 2.45) is 5.92 Å². The summed E-state index contributed by atoms with van der Waals surface area (Å²) in [6.07, 6.45) is 1.22. The van der Waals surface area contributed by atoms with Gasteiger partial charge in [0.05, 0.1) is 5.02 Å². The minimum Gasteiger partial charge on any atom is -0.316 e. The summed E-state index contributed by atoms with van der Waals surface area (Å²) in [5.74, 6) is 0.416. The molecule has 14 heavy (non-hydrogen) atoms. The molecule has 1 aromatic carbocycles. The monoisotopic (exact) mass is 211 g/mol. The second kappa shape index (κ2) is 2.71. The van der Waals surface area contributed by atoms with Crippen LogP contribution in [0.4, 0.5) is 4.39 Å². The summed E-state index contributed by atoms with van der Waals surface area (Å²) < 4.78 is 13.0. The zero-order chi connectivity index (χ0) is 9.76. The van der Waals surface area contributed by atoms with Gasteiger partial charge in [0.2, 0.25) is 0 Å². The van der Waals surface area contributed by atoms with Crippen molar-refractivity contribution in [3.8, 4) is 0 Å². The van der Waals surface area contributed by atoms with E-state index in [-0.39, 0.29) is 16.3 Å². The van der Waals surface area contributed by atoms with Gasteiger partial charge >= 0.3 is 0 Å². The van der Waals surface area contributed by atoms with E-state index < -0.39 is 0 Å². The number of nitrogens with one attached hydrogen (secondary N) is 1. The molecule has 1 nitrogen and oxygen atoms in total. The summed E-state index contributed by atoms with van der Waals surface area (Å²) in [5.41, 5.74) is 1.47. The molecule has 0 amide bonds. The largest absolute Gasteiger partial charge is 0.316 e. The average molecular weight is 212 g/mol. The summed E-state index contributed by atoms with van der Waals surface area (Å²) in [5, 5.41) is 3.60. The van der Waals surface area contributed by atoms with Gasteiger partial charge in [-0.15, -0.1) is 0 Å². The van der Waals surface area contributed by atoms with Crippen LogP contribution in [-0.2, 0) is 5.41 Å². The van der Waals surface area contributed by atoms with Crippen molar-refractivity contribution in [1.29, 1.82) is 0 Å². The van der Waals surface area contributed by atoms with Crippen molar-refractivity contribution < 1.29 is 4.39 Å². The molecule has 3 heteroatoms. The minimum absolute atomic E-state index is 0.245. The Morgan fingerprint density at radius 1 is 1.50 bits per heavy atom. The number of hydrogen-bond acceptors (Lipinski definition) is 1. The van der Waals surface area contributed by atoms with Crippen molar-refractivity contribution in [3.63, 3.8) is 0 Å². The van der Waals surface area contributed by atoms with Crippen LogP contribution >= 0.6 is 11.6 Å². The Hall–Kier alpha value is -0.600. The maximum absolute atomic E-state index is 13.0. The molecular formula is C11H11ClFN. The Kier molecular flexibility index (Phi) is 1.68. The van der Waals surface area contributed by atoms with Gasteiger partial charge in [-0.1, -0.05) is 17.7 Å². The van der Waals surface area contributed by atoms with Gasteiger partial charge in [0.1, 0.15) is 5.82 Å². The standard InChI is InChI=1S/C11H11ClFN/c12-9-3-7(1-2-10(9)13)11-4-8(11)5-14-6-11/h1-3,8,14H,4-6H2. The van der Waals surface area contributed by atoms with E-state index in [2.05, 4.69) is 5.32 Å². The molecular weight excluding hydrogens is 201 g/mol. The van der Waals surface area contributed by atoms with E-state index in [0.29, 0.717) is 0 Å². The van der Waals surface area contributed by atoms with Gasteiger partial charge in [-0.05, 0) is 36.6 Å². The fourth-order valence-electron chi connectivity index (χ4n) is 2.60. The van der Waals surface area contributed by atoms with E-state index in [0.717, 1.165) is 19.0 Å². The first-order valence-corrected chi connectivity index (χ1v) is 5.26. The fraction of sp³-hybridized carbons (Fsp3) is 0.455. The molecule has 0 radical (unpaired) electrons. The zero-order valence-electron chi connectivity index (χ0n) is 7.69. The summed E-state index contributed by atoms with van der Waals surface area (Å²) in [7, 11) is 0. The topological polar surface area (TPSA) is 12.0 Å². The molecule has 74 valence electrons. The number of piperidine rings is 1. The lowest BCUT2D eigenvalue weighted by Crippen LogP contribution is -2.19. The molecule has 0 aromatic heterocycles. The second-order valence-electron chi connectivity index (χ2n) is 4.32. The molecule has 1 saturated carbocycles. The molecule has 2 unspecified atom stereocenters. The highest BCUT2D eigenvalue weighted by atomic mass is 35.5. The lowest BCUT2D eigenvalue weighted by Gasteiger charge is -2.12. The van der Waals surface area contributed by atoms with Crippen LogP contribution < -0.4 is 5.32 Å². The van der Waals surface area contributed by atoms with E-state index in [4.69, 9.17) is 11.6 Å². The van der Waals surface area contributed by atoms with Gasteiger partial charge in [0.25, 0.3) is 0 Å². The van der Waals surface area contributed by atoms with Gasteiger partial charge in [0.15, 0.2) is 0 Å². The number of benzene rings is 1. The molecule has 1 aliphatic carbocycles. The lowest BCUT2D eigenvalue weighted by atomic mass is 9.95. The first kappa shape index (κ1) is 8.69. The van der Waals surface area contributed by atoms with E-state index in [1.54, 1.807) is 6.07 Å². The third-order valence-electron chi connectivity index (χ3n) is 3.56. The fourth-order valence-corrected chi connectivity index (χ4v) is 2.78. The Labute approximate surface area is 87.3 Å². The SMILES string of the molecule is Fc1ccc(C23CNCC2C3)cc1Cl. The van der Waals surface area contributed by atoms with Crippen molar-refractivity contribution in [3.05, 3.63) is 34.6 Å². The number of hydrogen-bond donors (Lipinski definition) is 1. The molecule has 3 rings (SSSR count). The molecule has 2 fully saturated rings. The maximum Gasteiger partial charge on any atom is 0.141 e. The number of fused-ring (bicyclic) bond motifs is 1. The minimum atomic E-state index is -0.324. The van der Waals surface area contributed by atoms with E-state index in [9.17, 15) is 4.39 Å². The van der Waals surface area contributed by atoms with Gasteiger partial charge < -0.3 is 5.32 Å². The quantitative estimate of drug-likeness (QED) is 0.752. The predicted molar refractivity (Wildman–Crippen MR) is 54.1 cm³/mol. The molecule has 1 aromatic rings. The van der Waals surface area contributed by atoms with Gasteiger partial charge in [-0.2, -0.15) is 0 Å². The van der Waals surface area contributed by atoms with E-state index in [1.807, 2.05) is 6.07 Å². The highest BCUT2D eigenvalue weighted by molar-refractivity contribution is 6.30. The average Bonchev–Trinajstić information content (AvgIpc) is 2.75. The smallest absolute Gasteiger partial charge is 0.141 e. The van der Waals surface area contributed by atoms with Crippen molar-refractivity contribution in [2.45, 2.75) is 11.8 Å². The summed E-state index contributed by atoms with van der Waals surface area (Å²) in [6, 6.07) is 5.12. The van der Waals surface area contributed by atoms with Gasteiger partial charge in [0, 0.05) is 12.0 Å². The van der Waals surface area contributed by atoms with Crippen molar-refractivity contribution in [2.75, 3.05) is 13.1 Å². The summed E-state index contributed by atoms with van der Waals surface area (Å²) in [4.78, 5) is 0. The lowest BCUT2D eigenvalue weighted by molar-refractivity contribution is 0.622. The van der Waals surface area contributed by atoms with Crippen LogP contribution in [0.3, 0.4) is 0 Å². The predicted octanol–water partition coefficient (Wildman–Crippen LogP) is 2.34. The number of halogens is 2. The molecule has 0 bridgehead atoms. The Morgan fingerprint density at radius 3 is 2.93 bits per heavy atom. The molecule has 1 saturated heterocycles. The van der Waals surface area contributed by atoms with Crippen LogP contribution in [0, 0.1) is 11.7 Å². The second-order valence-corrected chi connectivity index (χ2v) is 4.72. The van der Waals surface area contributed by atoms with Crippen LogP contribution in [-0.4, -0.2) is 13.1 Å². The van der Waals surface area contributed by atoms with Crippen LogP contribution in [0.15, 0.2) is 18.2 Å². The van der Waals surface area contributed by atoms with Crippen molar-refractivity contribution in [1.82, 2.24) is 5.32 Å². The van der Waals surface area contributed by atoms with Gasteiger partial charge in [-0.3, -0.25) is 0 Å². The first-order chi connectivity index (χ1) is 6.72. The van der Waals surface area contributed by atoms with Crippen LogP contribution in [0.5, 0.6) is 0 Å². The maximum atomic E-state index is 13.0. The molecule has 0 spiro atoms. The third kappa shape index (κ3) is 1.04. The molecule has 1 N–H and O–H groups in total. The third-order valence-corrected chi connectivity index (χ3v) is 3.85. The Balaban J connectivity index is 2.01. The Morgan fingerprint density at radius 2 is 2.36 bits per heavy atom. The normalized spacial score (nSPS) is 34.3. The summed E-state index contributed by atoms with van der Waals surface area (Å²) in [6.45, 7) is 2.11. The van der Waals surface area contributed by atoms with Crippen LogP contribution in [0.1, 0.15) is 12.0 Å². The van der Waals surface area contributed by atoms with Crippen LogP contribution in [0.25, 0.3) is 0 Å². The van der Waals surface area contributed by atoms with E-state index in [1.165, 1.54) is 18.1 Å². The molecule has 1 heterocycles. The first-order valence-electron chi connectivity index (χ1n) is 4.89. The highest BCUT2D eigenvalue weighted by Gasteiger charge is 2.58. The van der Waals surface area contributed by atoms with E-state index >= 15 is 0 Å². The highest BCUT2D eigenvalue weighted by Crippen LogP contribution is 2.56. The van der Waals surface area contributed by atoms with Crippen molar-refractivity contribution >= 4 is 11.6 Å². The van der Waals surface area contributed by atoms with Crippen LogP contribution in [0.2, 0.25) is 5.02 Å². The molecule has 1 aliphatic heterocycles. The van der Waals surface area contributed by atoms with Gasteiger partial charge in [-0.25, -0.2) is 4.39 Å². The number of rotatable bonds is 1.